The lowest BCUT2D eigenvalue weighted by molar-refractivity contribution is 0.390. The molecule has 3 aliphatic carbocycles. The summed E-state index contributed by atoms with van der Waals surface area (Å²) >= 11 is 0. The van der Waals surface area contributed by atoms with Gasteiger partial charge in [-0.25, -0.2) is 0 Å². The topological polar surface area (TPSA) is 0 Å². The van der Waals surface area contributed by atoms with Gasteiger partial charge in [-0.3, -0.25) is 0 Å². The van der Waals surface area contributed by atoms with Crippen molar-refractivity contribution in [2.24, 2.45) is 5.92 Å². The molecule has 0 radical (unpaired) electrons. The Balaban J connectivity index is 0.00000152. The summed E-state index contributed by atoms with van der Waals surface area (Å²) in [5, 5.41) is 0. The number of hydrogen-bond acceptors (Lipinski definition) is 0. The summed E-state index contributed by atoms with van der Waals surface area (Å²) in [6.45, 7) is 36.2. The van der Waals surface area contributed by atoms with Crippen molar-refractivity contribution >= 4 is 17.7 Å². The van der Waals surface area contributed by atoms with Gasteiger partial charge in [-0.1, -0.05) is 176 Å². The molecule has 0 aromatic heterocycles. The van der Waals surface area contributed by atoms with Crippen LogP contribution in [-0.2, 0) is 10.8 Å². The smallest absolute Gasteiger partial charge is 0.0330 e. The number of allylic oxidation sites excluding steroid dienone is 11. The van der Waals surface area contributed by atoms with Crippen LogP contribution in [0.15, 0.2) is 136 Å². The third kappa shape index (κ3) is 7.39. The first-order valence-corrected chi connectivity index (χ1v) is 18.8. The quantitative estimate of drug-likeness (QED) is 0.137. The monoisotopic (exact) mass is 692 g/mol. The van der Waals surface area contributed by atoms with Gasteiger partial charge in [0.2, 0.25) is 0 Å². The number of hydrogen-bond donors (Lipinski definition) is 0. The largest absolute Gasteiger partial charge is 0.106 e. The second-order valence-corrected chi connectivity index (χ2v) is 14.2. The molecule has 3 aromatic carbocycles. The molecule has 0 amide bonds. The molecule has 0 fully saturated rings. The summed E-state index contributed by atoms with van der Waals surface area (Å²) < 4.78 is 0. The first-order chi connectivity index (χ1) is 25.6. The molecule has 0 heterocycles. The predicted octanol–water partition coefficient (Wildman–Crippen LogP) is 14.1. The van der Waals surface area contributed by atoms with Crippen LogP contribution >= 0.6 is 0 Å². The Labute approximate surface area is 321 Å². The van der Waals surface area contributed by atoms with E-state index in [0.717, 1.165) is 34.3 Å². The highest BCUT2D eigenvalue weighted by Crippen LogP contribution is 2.61. The molecule has 0 spiro atoms. The Morgan fingerprint density at radius 1 is 0.774 bits per heavy atom. The summed E-state index contributed by atoms with van der Waals surface area (Å²) in [5.41, 5.74) is 15.4. The van der Waals surface area contributed by atoms with Crippen LogP contribution in [0.4, 0.5) is 0 Å². The first kappa shape index (κ1) is 40.2. The normalized spacial score (nSPS) is 17.7. The van der Waals surface area contributed by atoms with Crippen LogP contribution in [-0.4, -0.2) is 0 Å². The van der Waals surface area contributed by atoms with E-state index in [-0.39, 0.29) is 16.7 Å². The first-order valence-electron chi connectivity index (χ1n) is 18.8. The van der Waals surface area contributed by atoms with Crippen LogP contribution in [0.1, 0.15) is 118 Å². The zero-order chi connectivity index (χ0) is 38.9. The van der Waals surface area contributed by atoms with Crippen molar-refractivity contribution in [2.75, 3.05) is 0 Å². The van der Waals surface area contributed by atoms with Gasteiger partial charge < -0.3 is 0 Å². The zero-order valence-corrected chi connectivity index (χ0v) is 33.3. The SMILES string of the molecule is C=C.C=Cc1c(C#CC(=C)/C=C\C=C/C)cc2c(c1C=C)-c1cc3c(cc1C2(C)C)C1c2ccccc2C(C#CC/C=C\C=C/C)=CC1C3(C)C.CC. The van der Waals surface area contributed by atoms with E-state index in [2.05, 4.69) is 145 Å². The Morgan fingerprint density at radius 2 is 1.45 bits per heavy atom. The predicted molar refractivity (Wildman–Crippen MR) is 236 cm³/mol. The van der Waals surface area contributed by atoms with Crippen LogP contribution in [0.5, 0.6) is 0 Å². The third-order valence-corrected chi connectivity index (χ3v) is 10.6. The lowest BCUT2D eigenvalue weighted by Crippen LogP contribution is -2.27. The summed E-state index contributed by atoms with van der Waals surface area (Å²) in [4.78, 5) is 0. The van der Waals surface area contributed by atoms with Gasteiger partial charge in [0.25, 0.3) is 0 Å². The fraction of sp³-hybridized carbons (Fsp3) is 0.245. The van der Waals surface area contributed by atoms with E-state index < -0.39 is 0 Å². The highest BCUT2D eigenvalue weighted by molar-refractivity contribution is 5.93. The lowest BCUT2D eigenvalue weighted by atomic mass is 9.69. The molecular formula is C53H56. The Kier molecular flexibility index (Phi) is 13.1. The lowest BCUT2D eigenvalue weighted by Gasteiger charge is -2.34. The maximum absolute atomic E-state index is 4.30. The van der Waals surface area contributed by atoms with Gasteiger partial charge in [0.05, 0.1) is 0 Å². The highest BCUT2D eigenvalue weighted by Gasteiger charge is 2.50. The Morgan fingerprint density at radius 3 is 2.13 bits per heavy atom. The highest BCUT2D eigenvalue weighted by atomic mass is 14.5. The van der Waals surface area contributed by atoms with E-state index in [0.29, 0.717) is 5.92 Å². The van der Waals surface area contributed by atoms with E-state index in [1.165, 1.54) is 44.5 Å². The summed E-state index contributed by atoms with van der Waals surface area (Å²) in [6.07, 6.45) is 23.3. The summed E-state index contributed by atoms with van der Waals surface area (Å²) in [7, 11) is 0. The van der Waals surface area contributed by atoms with Crippen molar-refractivity contribution in [1.82, 2.24) is 0 Å². The molecule has 0 heteroatoms. The molecule has 0 saturated carbocycles. The van der Waals surface area contributed by atoms with Crippen molar-refractivity contribution in [1.29, 1.82) is 0 Å². The van der Waals surface area contributed by atoms with E-state index in [4.69, 9.17) is 0 Å². The molecule has 3 aliphatic rings. The number of benzene rings is 3. The summed E-state index contributed by atoms with van der Waals surface area (Å²) in [5.74, 6) is 14.3. The van der Waals surface area contributed by atoms with E-state index in [1.807, 2.05) is 76.3 Å². The minimum atomic E-state index is -0.222. The molecule has 0 N–H and O–H groups in total. The fourth-order valence-electron chi connectivity index (χ4n) is 8.12. The maximum Gasteiger partial charge on any atom is 0.0330 e. The molecule has 2 atom stereocenters. The van der Waals surface area contributed by atoms with Gasteiger partial charge in [-0.15, -0.1) is 13.2 Å². The molecule has 0 saturated heterocycles. The fourth-order valence-corrected chi connectivity index (χ4v) is 8.12. The third-order valence-electron chi connectivity index (χ3n) is 10.6. The molecule has 6 rings (SSSR count). The van der Waals surface area contributed by atoms with Crippen molar-refractivity contribution in [3.05, 3.63) is 186 Å². The van der Waals surface area contributed by atoms with Crippen LogP contribution in [0, 0.1) is 29.6 Å². The van der Waals surface area contributed by atoms with E-state index >= 15 is 0 Å². The van der Waals surface area contributed by atoms with Crippen molar-refractivity contribution in [3.63, 3.8) is 0 Å². The van der Waals surface area contributed by atoms with Gasteiger partial charge in [0.1, 0.15) is 0 Å². The van der Waals surface area contributed by atoms with E-state index in [1.54, 1.807) is 0 Å². The Bertz CT molecular complexity index is 2190. The maximum atomic E-state index is 4.30. The van der Waals surface area contributed by atoms with Crippen LogP contribution in [0.2, 0.25) is 0 Å². The second-order valence-electron chi connectivity index (χ2n) is 14.2. The van der Waals surface area contributed by atoms with Gasteiger partial charge in [-0.2, -0.15) is 0 Å². The molecule has 0 aliphatic heterocycles. The minimum Gasteiger partial charge on any atom is -0.106 e. The molecular weight excluding hydrogens is 637 g/mol. The molecule has 0 nitrogen and oxygen atoms in total. The molecule has 0 bridgehead atoms. The molecule has 53 heavy (non-hydrogen) atoms. The van der Waals surface area contributed by atoms with Gasteiger partial charge in [0, 0.05) is 34.5 Å². The van der Waals surface area contributed by atoms with Gasteiger partial charge >= 0.3 is 0 Å². The summed E-state index contributed by atoms with van der Waals surface area (Å²) in [6, 6.07) is 16.2. The van der Waals surface area contributed by atoms with Crippen molar-refractivity contribution in [2.45, 2.75) is 78.6 Å². The van der Waals surface area contributed by atoms with Crippen LogP contribution in [0.25, 0.3) is 28.9 Å². The zero-order valence-electron chi connectivity index (χ0n) is 33.3. The average molecular weight is 693 g/mol. The van der Waals surface area contributed by atoms with Gasteiger partial charge in [-0.05, 0) is 99.0 Å². The number of rotatable bonds is 6. The standard InChI is InChI=1S/C49H46.C2H6.C2H4/c1-10-14-16-17-18-20-24-34-29-45-47(39-26-22-21-25-38(34)39)41-32-42-40(31-43(41)49(45,8)9)46-37(13-4)36(12-3)35(30-44(46)48(42,6)7)28-27-33(5)23-19-15-11-2;2*1-2/h10-17,19,21-23,25-26,29-32,45,47H,3-5,18H2,1-2,6-9H3;1-2H3;1-2H2/b14-10-,15-11-,17-16-,23-19-;;. The van der Waals surface area contributed by atoms with Gasteiger partial charge in [0.15, 0.2) is 0 Å². The minimum absolute atomic E-state index is 0.0872. The molecule has 3 aromatic rings. The number of fused-ring (bicyclic) bond motifs is 8. The molecule has 2 unspecified atom stereocenters. The Hall–Kier alpha value is -5.56. The van der Waals surface area contributed by atoms with Crippen molar-refractivity contribution < 1.29 is 0 Å². The van der Waals surface area contributed by atoms with Crippen LogP contribution in [0.3, 0.4) is 0 Å². The second kappa shape index (κ2) is 17.3. The van der Waals surface area contributed by atoms with E-state index in [9.17, 15) is 0 Å². The van der Waals surface area contributed by atoms with Crippen LogP contribution < -0.4 is 0 Å². The average Bonchev–Trinajstić information content (AvgIpc) is 3.53. The molecule has 268 valence electrons. The van der Waals surface area contributed by atoms with Crippen molar-refractivity contribution in [3.8, 4) is 34.8 Å².